The van der Waals surface area contributed by atoms with Crippen LogP contribution in [0.5, 0.6) is 0 Å². The highest BCUT2D eigenvalue weighted by atomic mass is 16.4. The van der Waals surface area contributed by atoms with Gasteiger partial charge in [-0.1, -0.05) is 6.07 Å². The molecule has 19 heavy (non-hydrogen) atoms. The molecule has 0 saturated heterocycles. The zero-order valence-corrected chi connectivity index (χ0v) is 11.8. The molecule has 0 spiro atoms. The van der Waals surface area contributed by atoms with E-state index in [9.17, 15) is 9.90 Å². The summed E-state index contributed by atoms with van der Waals surface area (Å²) in [5.41, 5.74) is 2.44. The maximum atomic E-state index is 11.4. The summed E-state index contributed by atoms with van der Waals surface area (Å²) in [5, 5.41) is 10.2. The molecule has 0 radical (unpaired) electrons. The van der Waals surface area contributed by atoms with E-state index >= 15 is 0 Å². The molecular formula is C15H20N2O2. The van der Waals surface area contributed by atoms with Crippen LogP contribution in [0.25, 0.3) is 10.9 Å². The molecule has 0 amide bonds. The lowest BCUT2D eigenvalue weighted by molar-refractivity contribution is 0.0699. The summed E-state index contributed by atoms with van der Waals surface area (Å²) in [5.74, 6) is -0.868. The first-order valence-electron chi connectivity index (χ1n) is 6.42. The molecule has 0 aliphatic rings. The van der Waals surface area contributed by atoms with E-state index in [1.807, 2.05) is 26.2 Å². The quantitative estimate of drug-likeness (QED) is 0.919. The standard InChI is InChI=1S/C15H20N2O2/c1-10(2)17-9-11(8-16(3)4)14-12(15(18)19)6-5-7-13(14)17/h5-7,9-10H,8H2,1-4H3,(H,18,19). The summed E-state index contributed by atoms with van der Waals surface area (Å²) in [6.45, 7) is 4.94. The Hall–Kier alpha value is -1.81. The second-order valence-corrected chi connectivity index (χ2v) is 5.40. The van der Waals surface area contributed by atoms with Crippen molar-refractivity contribution in [3.05, 3.63) is 35.5 Å². The average Bonchev–Trinajstić information content (AvgIpc) is 2.67. The molecule has 0 aliphatic heterocycles. The molecule has 2 aromatic rings. The molecule has 1 N–H and O–H groups in total. The van der Waals surface area contributed by atoms with E-state index in [1.54, 1.807) is 6.07 Å². The van der Waals surface area contributed by atoms with Gasteiger partial charge in [-0.15, -0.1) is 0 Å². The van der Waals surface area contributed by atoms with E-state index in [1.165, 1.54) is 0 Å². The van der Waals surface area contributed by atoms with Crippen molar-refractivity contribution in [1.82, 2.24) is 9.47 Å². The van der Waals surface area contributed by atoms with Gasteiger partial charge in [-0.3, -0.25) is 0 Å². The third-order valence-electron chi connectivity index (χ3n) is 3.21. The zero-order valence-electron chi connectivity index (χ0n) is 11.8. The molecule has 1 aromatic carbocycles. The Bertz CT molecular complexity index is 612. The summed E-state index contributed by atoms with van der Waals surface area (Å²) < 4.78 is 2.14. The molecule has 102 valence electrons. The van der Waals surface area contributed by atoms with Gasteiger partial charge < -0.3 is 14.6 Å². The second kappa shape index (κ2) is 5.05. The van der Waals surface area contributed by atoms with Gasteiger partial charge in [0.2, 0.25) is 0 Å². The van der Waals surface area contributed by atoms with Gasteiger partial charge in [0, 0.05) is 29.7 Å². The van der Waals surface area contributed by atoms with Crippen molar-refractivity contribution in [3.8, 4) is 0 Å². The maximum absolute atomic E-state index is 11.4. The lowest BCUT2D eigenvalue weighted by atomic mass is 10.1. The molecule has 4 heteroatoms. The molecule has 2 rings (SSSR count). The molecule has 0 bridgehead atoms. The largest absolute Gasteiger partial charge is 0.478 e. The highest BCUT2D eigenvalue weighted by molar-refractivity contribution is 6.04. The van der Waals surface area contributed by atoms with Crippen molar-refractivity contribution in [1.29, 1.82) is 0 Å². The Balaban J connectivity index is 2.75. The fraction of sp³-hybridized carbons (Fsp3) is 0.400. The Kier molecular flexibility index (Phi) is 3.62. The minimum atomic E-state index is -0.868. The van der Waals surface area contributed by atoms with Crippen LogP contribution in [0.2, 0.25) is 0 Å². The summed E-state index contributed by atoms with van der Waals surface area (Å²) >= 11 is 0. The number of carbonyl (C=O) groups is 1. The summed E-state index contributed by atoms with van der Waals surface area (Å²) in [7, 11) is 3.98. The molecule has 0 unspecified atom stereocenters. The van der Waals surface area contributed by atoms with Crippen LogP contribution < -0.4 is 0 Å². The van der Waals surface area contributed by atoms with Crippen molar-refractivity contribution in [2.75, 3.05) is 14.1 Å². The zero-order chi connectivity index (χ0) is 14.2. The smallest absolute Gasteiger partial charge is 0.336 e. The average molecular weight is 260 g/mol. The monoisotopic (exact) mass is 260 g/mol. The van der Waals surface area contributed by atoms with Gasteiger partial charge in [-0.25, -0.2) is 4.79 Å². The molecule has 1 heterocycles. The highest BCUT2D eigenvalue weighted by Crippen LogP contribution is 2.28. The van der Waals surface area contributed by atoms with E-state index < -0.39 is 5.97 Å². The van der Waals surface area contributed by atoms with Crippen LogP contribution in [0.3, 0.4) is 0 Å². The molecule has 0 saturated carbocycles. The molecule has 0 atom stereocenters. The fourth-order valence-electron chi connectivity index (χ4n) is 2.46. The molecule has 1 aromatic heterocycles. The minimum absolute atomic E-state index is 0.308. The fourth-order valence-corrected chi connectivity index (χ4v) is 2.46. The number of benzene rings is 1. The number of nitrogens with zero attached hydrogens (tertiary/aromatic N) is 2. The number of hydrogen-bond acceptors (Lipinski definition) is 2. The highest BCUT2D eigenvalue weighted by Gasteiger charge is 2.17. The van der Waals surface area contributed by atoms with Crippen molar-refractivity contribution >= 4 is 16.9 Å². The number of carboxylic acid groups (broad SMARTS) is 1. The van der Waals surface area contributed by atoms with E-state index in [-0.39, 0.29) is 0 Å². The maximum Gasteiger partial charge on any atom is 0.336 e. The number of aromatic nitrogens is 1. The summed E-state index contributed by atoms with van der Waals surface area (Å²) in [6.07, 6.45) is 2.07. The van der Waals surface area contributed by atoms with Crippen LogP contribution in [0.4, 0.5) is 0 Å². The van der Waals surface area contributed by atoms with Crippen LogP contribution in [0.15, 0.2) is 24.4 Å². The summed E-state index contributed by atoms with van der Waals surface area (Å²) in [4.78, 5) is 13.5. The SMILES string of the molecule is CC(C)n1cc(CN(C)C)c2c(C(=O)O)cccc21. The predicted octanol–water partition coefficient (Wildman–Crippen LogP) is 2.98. The Morgan fingerprint density at radius 3 is 2.58 bits per heavy atom. The normalized spacial score (nSPS) is 11.7. The van der Waals surface area contributed by atoms with Crippen LogP contribution in [0, 0.1) is 0 Å². The van der Waals surface area contributed by atoms with Crippen LogP contribution in [-0.2, 0) is 6.54 Å². The molecule has 0 aliphatic carbocycles. The molecule has 0 fully saturated rings. The van der Waals surface area contributed by atoms with Gasteiger partial charge in [0.25, 0.3) is 0 Å². The third kappa shape index (κ3) is 2.49. The van der Waals surface area contributed by atoms with E-state index in [0.717, 1.165) is 23.0 Å². The van der Waals surface area contributed by atoms with Gasteiger partial charge in [-0.2, -0.15) is 0 Å². The number of rotatable bonds is 4. The van der Waals surface area contributed by atoms with Crippen LogP contribution >= 0.6 is 0 Å². The Morgan fingerprint density at radius 1 is 1.37 bits per heavy atom. The Labute approximate surface area is 113 Å². The van der Waals surface area contributed by atoms with Crippen LogP contribution in [-0.4, -0.2) is 34.6 Å². The first-order chi connectivity index (χ1) is 8.91. The minimum Gasteiger partial charge on any atom is -0.478 e. The van der Waals surface area contributed by atoms with Crippen molar-refractivity contribution in [3.63, 3.8) is 0 Å². The van der Waals surface area contributed by atoms with E-state index in [0.29, 0.717) is 11.6 Å². The molecular weight excluding hydrogens is 240 g/mol. The third-order valence-corrected chi connectivity index (χ3v) is 3.21. The topological polar surface area (TPSA) is 45.5 Å². The Morgan fingerprint density at radius 2 is 2.05 bits per heavy atom. The lowest BCUT2D eigenvalue weighted by Gasteiger charge is -2.09. The van der Waals surface area contributed by atoms with Crippen molar-refractivity contribution in [2.24, 2.45) is 0 Å². The van der Waals surface area contributed by atoms with Gasteiger partial charge in [0.1, 0.15) is 0 Å². The number of carboxylic acids is 1. The molecule has 4 nitrogen and oxygen atoms in total. The lowest BCUT2D eigenvalue weighted by Crippen LogP contribution is -2.11. The van der Waals surface area contributed by atoms with Gasteiger partial charge in [-0.05, 0) is 45.6 Å². The second-order valence-electron chi connectivity index (χ2n) is 5.40. The van der Waals surface area contributed by atoms with Crippen molar-refractivity contribution in [2.45, 2.75) is 26.4 Å². The first-order valence-corrected chi connectivity index (χ1v) is 6.42. The predicted molar refractivity (Wildman–Crippen MR) is 76.7 cm³/mol. The van der Waals surface area contributed by atoms with E-state index in [2.05, 4.69) is 29.5 Å². The van der Waals surface area contributed by atoms with Gasteiger partial charge in [0.05, 0.1) is 5.56 Å². The number of fused-ring (bicyclic) bond motifs is 1. The van der Waals surface area contributed by atoms with E-state index in [4.69, 9.17) is 0 Å². The van der Waals surface area contributed by atoms with Crippen LogP contribution in [0.1, 0.15) is 35.8 Å². The summed E-state index contributed by atoms with van der Waals surface area (Å²) in [6, 6.07) is 5.78. The first kappa shape index (κ1) is 13.6. The number of hydrogen-bond donors (Lipinski definition) is 1. The van der Waals surface area contributed by atoms with Gasteiger partial charge >= 0.3 is 5.97 Å². The van der Waals surface area contributed by atoms with Gasteiger partial charge in [0.15, 0.2) is 0 Å². The van der Waals surface area contributed by atoms with Crippen molar-refractivity contribution < 1.29 is 9.90 Å². The number of aromatic carboxylic acids is 1.